The second-order valence-corrected chi connectivity index (χ2v) is 5.78. The molecule has 0 N–H and O–H groups in total. The van der Waals surface area contributed by atoms with Crippen molar-refractivity contribution in [3.63, 3.8) is 0 Å². The normalized spacial score (nSPS) is 12.8. The van der Waals surface area contributed by atoms with E-state index in [9.17, 15) is 0 Å². The van der Waals surface area contributed by atoms with Crippen molar-refractivity contribution in [1.29, 1.82) is 0 Å². The lowest BCUT2D eigenvalue weighted by molar-refractivity contribution is 0.373. The van der Waals surface area contributed by atoms with Gasteiger partial charge in [0.1, 0.15) is 0 Å². The van der Waals surface area contributed by atoms with Crippen molar-refractivity contribution >= 4 is 33.2 Å². The number of anilines is 1. The summed E-state index contributed by atoms with van der Waals surface area (Å²) in [5, 5.41) is 1.67. The molecule has 1 atom stereocenters. The van der Waals surface area contributed by atoms with Crippen LogP contribution in [0.5, 0.6) is 0 Å². The van der Waals surface area contributed by atoms with Gasteiger partial charge >= 0.3 is 0 Å². The molecule has 0 aromatic heterocycles. The number of rotatable bonds is 6. The van der Waals surface area contributed by atoms with E-state index in [1.807, 2.05) is 6.07 Å². The molecule has 1 rings (SSSR count). The minimum absolute atomic E-state index is 0.442. The van der Waals surface area contributed by atoms with E-state index in [4.69, 9.17) is 11.6 Å². The van der Waals surface area contributed by atoms with Crippen LogP contribution in [0.15, 0.2) is 18.2 Å². The van der Waals surface area contributed by atoms with Crippen molar-refractivity contribution < 1.29 is 0 Å². The van der Waals surface area contributed by atoms with Gasteiger partial charge in [0.15, 0.2) is 0 Å². The van der Waals surface area contributed by atoms with Crippen LogP contribution >= 0.6 is 27.5 Å². The minimum atomic E-state index is 0.442. The predicted molar refractivity (Wildman–Crippen MR) is 85.1 cm³/mol. The van der Waals surface area contributed by atoms with Crippen molar-refractivity contribution in [1.82, 2.24) is 4.90 Å². The quantitative estimate of drug-likeness (QED) is 0.726. The lowest BCUT2D eigenvalue weighted by atomic mass is 10.1. The first-order chi connectivity index (χ1) is 8.49. The van der Waals surface area contributed by atoms with Gasteiger partial charge in [0, 0.05) is 24.5 Å². The molecule has 0 heterocycles. The molecule has 0 spiro atoms. The van der Waals surface area contributed by atoms with E-state index in [0.717, 1.165) is 29.1 Å². The number of hydrogen-bond acceptors (Lipinski definition) is 2. The van der Waals surface area contributed by atoms with Gasteiger partial charge in [-0.25, -0.2) is 0 Å². The summed E-state index contributed by atoms with van der Waals surface area (Å²) in [7, 11) is 4.19. The van der Waals surface area contributed by atoms with Crippen LogP contribution in [0.2, 0.25) is 5.02 Å². The van der Waals surface area contributed by atoms with Gasteiger partial charge in [0.25, 0.3) is 0 Å². The van der Waals surface area contributed by atoms with Gasteiger partial charge in [-0.1, -0.05) is 33.6 Å². The molecule has 0 bridgehead atoms. The van der Waals surface area contributed by atoms with Gasteiger partial charge in [0.05, 0.1) is 10.7 Å². The minimum Gasteiger partial charge on any atom is -0.367 e. The average Bonchev–Trinajstić information content (AvgIpc) is 2.31. The van der Waals surface area contributed by atoms with E-state index in [1.54, 1.807) is 0 Å². The molecule has 102 valence electrons. The number of alkyl halides is 1. The molecular formula is C14H22BrClN2. The molecule has 0 radical (unpaired) electrons. The van der Waals surface area contributed by atoms with Crippen molar-refractivity contribution in [3.05, 3.63) is 28.8 Å². The molecular weight excluding hydrogens is 312 g/mol. The lowest BCUT2D eigenvalue weighted by Crippen LogP contribution is -2.40. The zero-order valence-corrected chi connectivity index (χ0v) is 13.9. The molecule has 4 heteroatoms. The van der Waals surface area contributed by atoms with Crippen LogP contribution in [-0.4, -0.2) is 38.1 Å². The first kappa shape index (κ1) is 15.8. The zero-order chi connectivity index (χ0) is 13.7. The van der Waals surface area contributed by atoms with E-state index >= 15 is 0 Å². The van der Waals surface area contributed by atoms with Crippen LogP contribution in [0.25, 0.3) is 0 Å². The fourth-order valence-corrected chi connectivity index (χ4v) is 2.87. The lowest BCUT2D eigenvalue weighted by Gasteiger charge is -2.32. The van der Waals surface area contributed by atoms with E-state index in [-0.39, 0.29) is 0 Å². The summed E-state index contributed by atoms with van der Waals surface area (Å²) in [4.78, 5) is 4.55. The molecule has 18 heavy (non-hydrogen) atoms. The second kappa shape index (κ2) is 7.37. The summed E-state index contributed by atoms with van der Waals surface area (Å²) >= 11 is 9.84. The highest BCUT2D eigenvalue weighted by atomic mass is 79.9. The van der Waals surface area contributed by atoms with Gasteiger partial charge in [-0.2, -0.15) is 0 Å². The Morgan fingerprint density at radius 2 is 2.00 bits per heavy atom. The first-order valence-electron chi connectivity index (χ1n) is 6.25. The van der Waals surface area contributed by atoms with Crippen molar-refractivity contribution in [3.8, 4) is 0 Å². The van der Waals surface area contributed by atoms with E-state index in [1.165, 1.54) is 5.56 Å². The summed E-state index contributed by atoms with van der Waals surface area (Å²) in [6.45, 7) is 6.38. The van der Waals surface area contributed by atoms with Gasteiger partial charge in [0.2, 0.25) is 0 Å². The van der Waals surface area contributed by atoms with Gasteiger partial charge < -0.3 is 9.80 Å². The van der Waals surface area contributed by atoms with Crippen LogP contribution in [0.1, 0.15) is 19.4 Å². The Balaban J connectivity index is 2.94. The SMILES string of the molecule is CCN(c1ccc(CBr)cc1Cl)C(C)CN(C)C. The molecule has 0 aliphatic heterocycles. The molecule has 0 saturated heterocycles. The Kier molecular flexibility index (Phi) is 6.47. The Bertz CT molecular complexity index is 382. The number of nitrogens with zero attached hydrogens (tertiary/aromatic N) is 2. The molecule has 0 aliphatic rings. The molecule has 1 aromatic rings. The topological polar surface area (TPSA) is 6.48 Å². The molecule has 0 aliphatic carbocycles. The number of halogens is 2. The highest BCUT2D eigenvalue weighted by Crippen LogP contribution is 2.29. The molecule has 1 unspecified atom stereocenters. The summed E-state index contributed by atoms with van der Waals surface area (Å²) in [5.74, 6) is 0. The highest BCUT2D eigenvalue weighted by molar-refractivity contribution is 9.08. The maximum absolute atomic E-state index is 6.39. The zero-order valence-electron chi connectivity index (χ0n) is 11.6. The summed E-state index contributed by atoms with van der Waals surface area (Å²) in [6, 6.07) is 6.73. The predicted octanol–water partition coefficient (Wildman–Crippen LogP) is 4.01. The van der Waals surface area contributed by atoms with Crippen LogP contribution in [0.4, 0.5) is 5.69 Å². The van der Waals surface area contributed by atoms with Crippen molar-refractivity contribution in [2.75, 3.05) is 32.1 Å². The Hall–Kier alpha value is -0.250. The maximum Gasteiger partial charge on any atom is 0.0642 e. The second-order valence-electron chi connectivity index (χ2n) is 4.82. The molecule has 2 nitrogen and oxygen atoms in total. The van der Waals surface area contributed by atoms with E-state index < -0.39 is 0 Å². The molecule has 0 fully saturated rings. The van der Waals surface area contributed by atoms with E-state index in [0.29, 0.717) is 6.04 Å². The van der Waals surface area contributed by atoms with Gasteiger partial charge in [-0.3, -0.25) is 0 Å². The van der Waals surface area contributed by atoms with Crippen LogP contribution in [0, 0.1) is 0 Å². The number of likely N-dealkylation sites (N-methyl/N-ethyl adjacent to an activating group) is 2. The van der Waals surface area contributed by atoms with Crippen molar-refractivity contribution in [2.45, 2.75) is 25.2 Å². The van der Waals surface area contributed by atoms with Crippen LogP contribution < -0.4 is 4.90 Å². The van der Waals surface area contributed by atoms with E-state index in [2.05, 4.69) is 65.8 Å². The van der Waals surface area contributed by atoms with Crippen LogP contribution in [-0.2, 0) is 5.33 Å². The number of benzene rings is 1. The first-order valence-corrected chi connectivity index (χ1v) is 7.75. The maximum atomic E-state index is 6.39. The smallest absolute Gasteiger partial charge is 0.0642 e. The fraction of sp³-hybridized carbons (Fsp3) is 0.571. The molecule has 0 amide bonds. The number of hydrogen-bond donors (Lipinski definition) is 0. The Labute approximate surface area is 124 Å². The monoisotopic (exact) mass is 332 g/mol. The van der Waals surface area contributed by atoms with Crippen molar-refractivity contribution in [2.24, 2.45) is 0 Å². The molecule has 0 saturated carbocycles. The third-order valence-electron chi connectivity index (χ3n) is 2.98. The summed E-state index contributed by atoms with van der Waals surface area (Å²) in [5.41, 5.74) is 2.33. The highest BCUT2D eigenvalue weighted by Gasteiger charge is 2.16. The summed E-state index contributed by atoms with van der Waals surface area (Å²) in [6.07, 6.45) is 0. The average molecular weight is 334 g/mol. The fourth-order valence-electron chi connectivity index (χ4n) is 2.21. The summed E-state index contributed by atoms with van der Waals surface area (Å²) < 4.78 is 0. The molecule has 1 aromatic carbocycles. The largest absolute Gasteiger partial charge is 0.367 e. The standard InChI is InChI=1S/C14H22BrClN2/c1-5-18(11(2)10-17(3)4)14-7-6-12(9-15)8-13(14)16/h6-8,11H,5,9-10H2,1-4H3. The van der Waals surface area contributed by atoms with Crippen LogP contribution in [0.3, 0.4) is 0 Å². The van der Waals surface area contributed by atoms with Gasteiger partial charge in [-0.05, 0) is 45.6 Å². The Morgan fingerprint density at radius 3 is 2.44 bits per heavy atom. The third kappa shape index (κ3) is 4.15. The Morgan fingerprint density at radius 1 is 1.33 bits per heavy atom. The third-order valence-corrected chi connectivity index (χ3v) is 3.93. The van der Waals surface area contributed by atoms with Gasteiger partial charge in [-0.15, -0.1) is 0 Å².